The molecule has 0 aromatic carbocycles. The molecule has 3 nitrogen and oxygen atoms in total. The van der Waals surface area contributed by atoms with Gasteiger partial charge in [0.15, 0.2) is 0 Å². The molecule has 1 amide bonds. The normalized spacial score (nSPS) is 29.6. The lowest BCUT2D eigenvalue weighted by molar-refractivity contribution is -0.161. The minimum absolute atomic E-state index is 0.0467. The molecule has 0 spiro atoms. The van der Waals surface area contributed by atoms with Gasteiger partial charge in [0, 0.05) is 18.5 Å². The maximum absolute atomic E-state index is 12.0. The van der Waals surface area contributed by atoms with Crippen molar-refractivity contribution in [3.8, 4) is 0 Å². The van der Waals surface area contributed by atoms with Gasteiger partial charge in [-0.1, -0.05) is 13.8 Å². The minimum Gasteiger partial charge on any atom is -0.388 e. The first-order valence-corrected chi connectivity index (χ1v) is 5.01. The van der Waals surface area contributed by atoms with Crippen LogP contribution >= 0.6 is 0 Å². The standard InChI is InChI=1S/C10H16F3NO2/c1-8(2)5-14(6-9(8,3)16)7(15)4-10(11,12)13/h16H,4-6H2,1-3H3/t9-/m1/s1. The summed E-state index contributed by atoms with van der Waals surface area (Å²) in [5, 5.41) is 9.96. The molecule has 0 aromatic rings. The second kappa shape index (κ2) is 3.61. The number of halogens is 3. The van der Waals surface area contributed by atoms with Crippen molar-refractivity contribution in [2.45, 2.75) is 39.0 Å². The molecule has 1 atom stereocenters. The molecule has 16 heavy (non-hydrogen) atoms. The number of hydrogen-bond donors (Lipinski definition) is 1. The lowest BCUT2D eigenvalue weighted by Gasteiger charge is -2.30. The summed E-state index contributed by atoms with van der Waals surface area (Å²) >= 11 is 0. The zero-order valence-electron chi connectivity index (χ0n) is 9.56. The average Bonchev–Trinajstić information content (AvgIpc) is 2.17. The summed E-state index contributed by atoms with van der Waals surface area (Å²) in [6.07, 6.45) is -5.95. The molecule has 1 aliphatic rings. The summed E-state index contributed by atoms with van der Waals surface area (Å²) < 4.78 is 36.1. The molecular weight excluding hydrogens is 223 g/mol. The summed E-state index contributed by atoms with van der Waals surface area (Å²) in [4.78, 5) is 12.4. The third-order valence-corrected chi connectivity index (χ3v) is 3.25. The van der Waals surface area contributed by atoms with Crippen LogP contribution in [0.2, 0.25) is 0 Å². The molecule has 0 radical (unpaired) electrons. The summed E-state index contributed by atoms with van der Waals surface area (Å²) in [5.41, 5.74) is -1.73. The topological polar surface area (TPSA) is 40.5 Å². The van der Waals surface area contributed by atoms with Gasteiger partial charge in [-0.15, -0.1) is 0 Å². The number of hydrogen-bond acceptors (Lipinski definition) is 2. The highest BCUT2D eigenvalue weighted by atomic mass is 19.4. The molecule has 0 saturated carbocycles. The summed E-state index contributed by atoms with van der Waals surface area (Å²) in [5.74, 6) is -0.974. The summed E-state index contributed by atoms with van der Waals surface area (Å²) in [6, 6.07) is 0. The van der Waals surface area contributed by atoms with E-state index in [0.717, 1.165) is 4.90 Å². The predicted molar refractivity (Wildman–Crippen MR) is 51.7 cm³/mol. The van der Waals surface area contributed by atoms with Gasteiger partial charge < -0.3 is 10.0 Å². The molecule has 1 rings (SSSR count). The molecule has 0 bridgehead atoms. The maximum Gasteiger partial charge on any atom is 0.397 e. The number of aliphatic hydroxyl groups is 1. The average molecular weight is 239 g/mol. The van der Waals surface area contributed by atoms with Gasteiger partial charge >= 0.3 is 6.18 Å². The number of nitrogens with zero attached hydrogens (tertiary/aromatic N) is 1. The first-order valence-electron chi connectivity index (χ1n) is 5.01. The van der Waals surface area contributed by atoms with E-state index in [2.05, 4.69) is 0 Å². The van der Waals surface area contributed by atoms with Crippen LogP contribution in [0.15, 0.2) is 0 Å². The number of amides is 1. The zero-order chi connectivity index (χ0) is 12.8. The quantitative estimate of drug-likeness (QED) is 0.754. The van der Waals surface area contributed by atoms with Crippen molar-refractivity contribution < 1.29 is 23.1 Å². The smallest absolute Gasteiger partial charge is 0.388 e. The van der Waals surface area contributed by atoms with Gasteiger partial charge in [0.25, 0.3) is 0 Å². The fourth-order valence-corrected chi connectivity index (χ4v) is 1.75. The van der Waals surface area contributed by atoms with Gasteiger partial charge in [0.1, 0.15) is 6.42 Å². The Morgan fingerprint density at radius 3 is 2.12 bits per heavy atom. The van der Waals surface area contributed by atoms with Crippen molar-refractivity contribution in [1.29, 1.82) is 0 Å². The molecule has 6 heteroatoms. The highest BCUT2D eigenvalue weighted by molar-refractivity contribution is 5.77. The fraction of sp³-hybridized carbons (Fsp3) is 0.900. The van der Waals surface area contributed by atoms with E-state index in [1.165, 1.54) is 6.92 Å². The van der Waals surface area contributed by atoms with E-state index in [-0.39, 0.29) is 13.1 Å². The maximum atomic E-state index is 12.0. The van der Waals surface area contributed by atoms with Crippen LogP contribution in [0, 0.1) is 5.41 Å². The number of alkyl halides is 3. The van der Waals surface area contributed by atoms with Crippen molar-refractivity contribution in [3.05, 3.63) is 0 Å². The SMILES string of the molecule is CC1(C)CN(C(=O)CC(F)(F)F)C[C@@]1(C)O. The Balaban J connectivity index is 2.70. The second-order valence-corrected chi connectivity index (χ2v) is 5.20. The fourth-order valence-electron chi connectivity index (χ4n) is 1.75. The highest BCUT2D eigenvalue weighted by Crippen LogP contribution is 2.39. The second-order valence-electron chi connectivity index (χ2n) is 5.20. The van der Waals surface area contributed by atoms with E-state index in [9.17, 15) is 23.1 Å². The van der Waals surface area contributed by atoms with Crippen LogP contribution in [-0.2, 0) is 4.79 Å². The first kappa shape index (κ1) is 13.3. The molecule has 1 N–H and O–H groups in total. The molecule has 0 aliphatic carbocycles. The van der Waals surface area contributed by atoms with Crippen LogP contribution in [0.4, 0.5) is 13.2 Å². The van der Waals surface area contributed by atoms with Crippen LogP contribution < -0.4 is 0 Å². The Bertz CT molecular complexity index is 281. The zero-order valence-corrected chi connectivity index (χ0v) is 9.56. The molecule has 1 aliphatic heterocycles. The lowest BCUT2D eigenvalue weighted by atomic mass is 9.79. The predicted octanol–water partition coefficient (Wildman–Crippen LogP) is 1.56. The van der Waals surface area contributed by atoms with E-state index in [1.54, 1.807) is 13.8 Å². The number of likely N-dealkylation sites (tertiary alicyclic amines) is 1. The molecule has 1 fully saturated rings. The van der Waals surface area contributed by atoms with E-state index in [4.69, 9.17) is 0 Å². The van der Waals surface area contributed by atoms with E-state index >= 15 is 0 Å². The molecule has 1 heterocycles. The van der Waals surface area contributed by atoms with Crippen molar-refractivity contribution >= 4 is 5.91 Å². The van der Waals surface area contributed by atoms with Gasteiger partial charge in [-0.2, -0.15) is 13.2 Å². The van der Waals surface area contributed by atoms with Crippen molar-refractivity contribution in [1.82, 2.24) is 4.90 Å². The minimum atomic E-state index is -4.49. The van der Waals surface area contributed by atoms with Crippen LogP contribution in [0.1, 0.15) is 27.2 Å². The first-order chi connectivity index (χ1) is 6.95. The molecule has 0 unspecified atom stereocenters. The third kappa shape index (κ3) is 2.66. The van der Waals surface area contributed by atoms with Crippen LogP contribution in [-0.4, -0.2) is 40.8 Å². The molecule has 94 valence electrons. The van der Waals surface area contributed by atoms with Gasteiger partial charge in [-0.3, -0.25) is 4.79 Å². The molecular formula is C10H16F3NO2. The summed E-state index contributed by atoms with van der Waals surface area (Å²) in [7, 11) is 0. The molecule has 1 saturated heterocycles. The Morgan fingerprint density at radius 1 is 1.31 bits per heavy atom. The Kier molecular flexibility index (Phi) is 3.00. The Morgan fingerprint density at radius 2 is 1.81 bits per heavy atom. The van der Waals surface area contributed by atoms with Gasteiger partial charge in [-0.25, -0.2) is 0 Å². The van der Waals surface area contributed by atoms with Gasteiger partial charge in [-0.05, 0) is 6.92 Å². The summed E-state index contributed by atoms with van der Waals surface area (Å²) in [6.45, 7) is 5.10. The van der Waals surface area contributed by atoms with Crippen LogP contribution in [0.3, 0.4) is 0 Å². The van der Waals surface area contributed by atoms with E-state index in [1.807, 2.05) is 0 Å². The third-order valence-electron chi connectivity index (χ3n) is 3.25. The number of rotatable bonds is 1. The Hall–Kier alpha value is -0.780. The highest BCUT2D eigenvalue weighted by Gasteiger charge is 2.50. The number of carbonyl (C=O) groups excluding carboxylic acids is 1. The largest absolute Gasteiger partial charge is 0.397 e. The van der Waals surface area contributed by atoms with Crippen LogP contribution in [0.5, 0.6) is 0 Å². The van der Waals surface area contributed by atoms with E-state index in [0.29, 0.717) is 0 Å². The van der Waals surface area contributed by atoms with Gasteiger partial charge in [0.05, 0.1) is 5.60 Å². The number of carbonyl (C=O) groups is 1. The Labute approximate surface area is 92.2 Å². The monoisotopic (exact) mass is 239 g/mol. The van der Waals surface area contributed by atoms with Gasteiger partial charge in [0.2, 0.25) is 5.91 Å². The lowest BCUT2D eigenvalue weighted by Crippen LogP contribution is -2.40. The van der Waals surface area contributed by atoms with Crippen molar-refractivity contribution in [3.63, 3.8) is 0 Å². The van der Waals surface area contributed by atoms with Crippen LogP contribution in [0.25, 0.3) is 0 Å². The molecule has 0 aromatic heterocycles. The van der Waals surface area contributed by atoms with Crippen molar-refractivity contribution in [2.75, 3.05) is 13.1 Å². The number of β-amino-alcohol motifs (C(OH)–C–C–N with tert-alkyl or cyclic N) is 1. The van der Waals surface area contributed by atoms with Crippen molar-refractivity contribution in [2.24, 2.45) is 5.41 Å². The van der Waals surface area contributed by atoms with E-state index < -0.39 is 29.5 Å².